The summed E-state index contributed by atoms with van der Waals surface area (Å²) in [6.07, 6.45) is 0. The molecule has 0 aliphatic rings. The van der Waals surface area contributed by atoms with Gasteiger partial charge in [0.1, 0.15) is 17.3 Å². The van der Waals surface area contributed by atoms with Gasteiger partial charge in [-0.15, -0.1) is 11.6 Å². The van der Waals surface area contributed by atoms with Crippen molar-refractivity contribution in [2.24, 2.45) is 0 Å². The van der Waals surface area contributed by atoms with Crippen LogP contribution in [0.5, 0.6) is 11.5 Å². The molecule has 0 aliphatic carbocycles. The summed E-state index contributed by atoms with van der Waals surface area (Å²) in [4.78, 5) is 10.3. The van der Waals surface area contributed by atoms with Gasteiger partial charge in [0.05, 0.1) is 4.92 Å². The van der Waals surface area contributed by atoms with Gasteiger partial charge in [-0.3, -0.25) is 10.1 Å². The lowest BCUT2D eigenvalue weighted by Crippen LogP contribution is -1.93. The summed E-state index contributed by atoms with van der Waals surface area (Å²) in [6.45, 7) is 1.61. The number of hydrogen-bond donors (Lipinski definition) is 0. The molecule has 0 amide bonds. The number of nitro benzene ring substituents is 1. The fourth-order valence-corrected chi connectivity index (χ4v) is 1.94. The molecule has 2 aromatic rings. The van der Waals surface area contributed by atoms with Crippen molar-refractivity contribution in [3.8, 4) is 11.5 Å². The van der Waals surface area contributed by atoms with Crippen LogP contribution >= 0.6 is 11.6 Å². The van der Waals surface area contributed by atoms with Gasteiger partial charge in [0.15, 0.2) is 0 Å². The summed E-state index contributed by atoms with van der Waals surface area (Å²) < 4.78 is 18.8. The number of aryl methyl sites for hydroxylation is 1. The predicted molar refractivity (Wildman–Crippen MR) is 73.9 cm³/mol. The van der Waals surface area contributed by atoms with E-state index in [0.717, 1.165) is 0 Å². The van der Waals surface area contributed by atoms with Crippen molar-refractivity contribution >= 4 is 17.3 Å². The number of rotatable bonds is 4. The van der Waals surface area contributed by atoms with Gasteiger partial charge in [0, 0.05) is 23.6 Å². The Morgan fingerprint density at radius 2 is 2.00 bits per heavy atom. The highest BCUT2D eigenvalue weighted by molar-refractivity contribution is 6.17. The number of nitrogens with zero attached hydrogens (tertiary/aromatic N) is 1. The number of ether oxygens (including phenoxy) is 1. The Morgan fingerprint density at radius 3 is 2.60 bits per heavy atom. The molecular weight excluding hydrogens is 285 g/mol. The minimum Gasteiger partial charge on any atom is -0.457 e. The van der Waals surface area contributed by atoms with E-state index in [1.165, 1.54) is 30.3 Å². The first-order valence-corrected chi connectivity index (χ1v) is 6.31. The van der Waals surface area contributed by atoms with Crippen LogP contribution in [-0.2, 0) is 5.88 Å². The third kappa shape index (κ3) is 3.24. The molecule has 0 aromatic heterocycles. The van der Waals surface area contributed by atoms with E-state index >= 15 is 0 Å². The van der Waals surface area contributed by atoms with Gasteiger partial charge in [-0.25, -0.2) is 4.39 Å². The highest BCUT2D eigenvalue weighted by atomic mass is 35.5. The molecule has 0 heterocycles. The molecule has 0 spiro atoms. The van der Waals surface area contributed by atoms with E-state index in [4.69, 9.17) is 16.3 Å². The Balaban J connectivity index is 2.28. The Hall–Kier alpha value is -2.14. The zero-order valence-corrected chi connectivity index (χ0v) is 11.4. The first-order chi connectivity index (χ1) is 9.49. The number of hydrogen-bond acceptors (Lipinski definition) is 3. The predicted octanol–water partition coefficient (Wildman–Crippen LogP) is 4.57. The second-order valence-corrected chi connectivity index (χ2v) is 4.50. The van der Waals surface area contributed by atoms with Crippen LogP contribution in [-0.4, -0.2) is 4.92 Å². The lowest BCUT2D eigenvalue weighted by Gasteiger charge is -2.08. The third-order valence-electron chi connectivity index (χ3n) is 2.69. The van der Waals surface area contributed by atoms with E-state index in [1.807, 2.05) is 0 Å². The van der Waals surface area contributed by atoms with Crippen LogP contribution in [0.2, 0.25) is 0 Å². The van der Waals surface area contributed by atoms with Crippen LogP contribution < -0.4 is 4.74 Å². The van der Waals surface area contributed by atoms with E-state index < -0.39 is 10.7 Å². The Labute approximate surface area is 119 Å². The SMILES string of the molecule is Cc1cc(Oc2cc(F)cc(CCl)c2)ccc1[N+](=O)[O-]. The van der Waals surface area contributed by atoms with Gasteiger partial charge in [0.2, 0.25) is 0 Å². The van der Waals surface area contributed by atoms with Crippen molar-refractivity contribution in [2.75, 3.05) is 0 Å². The van der Waals surface area contributed by atoms with E-state index in [-0.39, 0.29) is 11.6 Å². The summed E-state index contributed by atoms with van der Waals surface area (Å²) in [5, 5.41) is 10.7. The molecule has 104 valence electrons. The molecule has 4 nitrogen and oxygen atoms in total. The van der Waals surface area contributed by atoms with Gasteiger partial charge in [-0.1, -0.05) is 0 Å². The van der Waals surface area contributed by atoms with Crippen molar-refractivity contribution in [3.05, 3.63) is 63.5 Å². The molecular formula is C14H11ClFNO3. The molecule has 0 unspecified atom stereocenters. The van der Waals surface area contributed by atoms with Crippen LogP contribution in [0, 0.1) is 22.9 Å². The summed E-state index contributed by atoms with van der Waals surface area (Å²) >= 11 is 5.66. The first-order valence-electron chi connectivity index (χ1n) is 5.78. The zero-order valence-electron chi connectivity index (χ0n) is 10.6. The molecule has 2 aromatic carbocycles. The molecule has 0 aliphatic heterocycles. The minimum atomic E-state index is -0.465. The fraction of sp³-hybridized carbons (Fsp3) is 0.143. The third-order valence-corrected chi connectivity index (χ3v) is 2.99. The van der Waals surface area contributed by atoms with Crippen LogP contribution in [0.1, 0.15) is 11.1 Å². The zero-order chi connectivity index (χ0) is 14.7. The standard InChI is InChI=1S/C14H11ClFNO3/c1-9-4-12(2-3-14(9)17(18)19)20-13-6-10(8-15)5-11(16)7-13/h2-7H,8H2,1H3. The Bertz CT molecular complexity index is 661. The Morgan fingerprint density at radius 1 is 1.25 bits per heavy atom. The maximum Gasteiger partial charge on any atom is 0.272 e. The van der Waals surface area contributed by atoms with Crippen LogP contribution in [0.3, 0.4) is 0 Å². The quantitative estimate of drug-likeness (QED) is 0.471. The molecule has 0 saturated heterocycles. The average molecular weight is 296 g/mol. The summed E-state index contributed by atoms with van der Waals surface area (Å²) in [5.74, 6) is 0.429. The minimum absolute atomic E-state index is 0.0121. The largest absolute Gasteiger partial charge is 0.457 e. The van der Waals surface area contributed by atoms with Crippen molar-refractivity contribution in [1.82, 2.24) is 0 Å². The summed E-state index contributed by atoms with van der Waals surface area (Å²) in [7, 11) is 0. The molecule has 0 radical (unpaired) electrons. The highest BCUT2D eigenvalue weighted by Gasteiger charge is 2.11. The normalized spacial score (nSPS) is 10.3. The second kappa shape index (κ2) is 5.88. The molecule has 2 rings (SSSR count). The maximum atomic E-state index is 13.3. The van der Waals surface area contributed by atoms with Gasteiger partial charge < -0.3 is 4.74 Å². The average Bonchev–Trinajstić information content (AvgIpc) is 2.37. The molecule has 20 heavy (non-hydrogen) atoms. The van der Waals surface area contributed by atoms with E-state index in [9.17, 15) is 14.5 Å². The number of halogens is 2. The van der Waals surface area contributed by atoms with Crippen molar-refractivity contribution in [1.29, 1.82) is 0 Å². The maximum absolute atomic E-state index is 13.3. The molecule has 6 heteroatoms. The first kappa shape index (κ1) is 14.3. The van der Waals surface area contributed by atoms with E-state index in [1.54, 1.807) is 13.0 Å². The smallest absolute Gasteiger partial charge is 0.272 e. The van der Waals surface area contributed by atoms with Crippen molar-refractivity contribution < 1.29 is 14.1 Å². The number of nitro groups is 1. The van der Waals surface area contributed by atoms with Gasteiger partial charge in [-0.05, 0) is 36.8 Å². The summed E-state index contributed by atoms with van der Waals surface area (Å²) in [5.41, 5.74) is 1.08. The highest BCUT2D eigenvalue weighted by Crippen LogP contribution is 2.28. The number of benzene rings is 2. The van der Waals surface area contributed by atoms with E-state index in [0.29, 0.717) is 22.6 Å². The van der Waals surface area contributed by atoms with Crippen molar-refractivity contribution in [3.63, 3.8) is 0 Å². The second-order valence-electron chi connectivity index (χ2n) is 4.24. The lowest BCUT2D eigenvalue weighted by atomic mass is 10.2. The fourth-order valence-electron chi connectivity index (χ4n) is 1.79. The van der Waals surface area contributed by atoms with Gasteiger partial charge in [0.25, 0.3) is 5.69 Å². The van der Waals surface area contributed by atoms with E-state index in [2.05, 4.69) is 0 Å². The van der Waals surface area contributed by atoms with Crippen LogP contribution in [0.4, 0.5) is 10.1 Å². The summed E-state index contributed by atoms with van der Waals surface area (Å²) in [6, 6.07) is 8.52. The Kier molecular flexibility index (Phi) is 4.20. The molecule has 0 saturated carbocycles. The van der Waals surface area contributed by atoms with Crippen molar-refractivity contribution in [2.45, 2.75) is 12.8 Å². The van der Waals surface area contributed by atoms with Crippen LogP contribution in [0.25, 0.3) is 0 Å². The van der Waals surface area contributed by atoms with Gasteiger partial charge in [-0.2, -0.15) is 0 Å². The molecule has 0 N–H and O–H groups in total. The van der Waals surface area contributed by atoms with Gasteiger partial charge >= 0.3 is 0 Å². The van der Waals surface area contributed by atoms with Crippen LogP contribution in [0.15, 0.2) is 36.4 Å². The molecule has 0 bridgehead atoms. The molecule has 0 fully saturated rings. The monoisotopic (exact) mass is 295 g/mol. The lowest BCUT2D eigenvalue weighted by molar-refractivity contribution is -0.385. The topological polar surface area (TPSA) is 52.4 Å². The number of alkyl halides is 1. The molecule has 0 atom stereocenters.